The van der Waals surface area contributed by atoms with Crippen LogP contribution in [-0.2, 0) is 6.42 Å². The van der Waals surface area contributed by atoms with Crippen molar-refractivity contribution in [2.24, 2.45) is 5.73 Å². The standard InChI is InChI=1S/C11H12ClN3O2/c1-16-7-2-3-8(9(12)6-7)11-15-14-10(17-11)4-5-13/h2-3,6H,4-5,13H2,1H3. The van der Waals surface area contributed by atoms with Crippen LogP contribution in [0, 0.1) is 0 Å². The maximum absolute atomic E-state index is 6.10. The lowest BCUT2D eigenvalue weighted by atomic mass is 10.2. The number of halogens is 1. The first-order valence-corrected chi connectivity index (χ1v) is 5.48. The highest BCUT2D eigenvalue weighted by Gasteiger charge is 2.12. The van der Waals surface area contributed by atoms with E-state index in [0.29, 0.717) is 41.1 Å². The molecule has 0 aliphatic rings. The van der Waals surface area contributed by atoms with Crippen LogP contribution in [-0.4, -0.2) is 23.9 Å². The highest BCUT2D eigenvalue weighted by atomic mass is 35.5. The predicted octanol–water partition coefficient (Wildman–Crippen LogP) is 1.90. The maximum atomic E-state index is 6.10. The minimum Gasteiger partial charge on any atom is -0.497 e. The van der Waals surface area contributed by atoms with Crippen LogP contribution in [0.2, 0.25) is 5.02 Å². The molecule has 0 saturated heterocycles. The van der Waals surface area contributed by atoms with E-state index in [1.807, 2.05) is 0 Å². The van der Waals surface area contributed by atoms with Crippen molar-refractivity contribution in [2.75, 3.05) is 13.7 Å². The smallest absolute Gasteiger partial charge is 0.249 e. The molecule has 2 aromatic rings. The molecule has 5 nitrogen and oxygen atoms in total. The largest absolute Gasteiger partial charge is 0.497 e. The Hall–Kier alpha value is -1.59. The van der Waals surface area contributed by atoms with Crippen LogP contribution in [0.4, 0.5) is 0 Å². The van der Waals surface area contributed by atoms with E-state index in [1.165, 1.54) is 0 Å². The second kappa shape index (κ2) is 5.16. The maximum Gasteiger partial charge on any atom is 0.249 e. The molecule has 1 aromatic heterocycles. The number of hydrogen-bond acceptors (Lipinski definition) is 5. The third-order valence-electron chi connectivity index (χ3n) is 2.23. The van der Waals surface area contributed by atoms with Gasteiger partial charge in [0.05, 0.1) is 17.7 Å². The van der Waals surface area contributed by atoms with Crippen LogP contribution < -0.4 is 10.5 Å². The Balaban J connectivity index is 2.32. The summed E-state index contributed by atoms with van der Waals surface area (Å²) in [4.78, 5) is 0. The molecule has 2 rings (SSSR count). The fourth-order valence-corrected chi connectivity index (χ4v) is 1.63. The Bertz CT molecular complexity index is 513. The van der Waals surface area contributed by atoms with Gasteiger partial charge in [-0.15, -0.1) is 10.2 Å². The zero-order valence-corrected chi connectivity index (χ0v) is 10.1. The van der Waals surface area contributed by atoms with E-state index in [-0.39, 0.29) is 0 Å². The Morgan fingerprint density at radius 1 is 1.41 bits per heavy atom. The second-order valence-electron chi connectivity index (χ2n) is 3.39. The summed E-state index contributed by atoms with van der Waals surface area (Å²) in [5, 5.41) is 8.31. The Kier molecular flexibility index (Phi) is 3.61. The summed E-state index contributed by atoms with van der Waals surface area (Å²) in [6.45, 7) is 0.470. The summed E-state index contributed by atoms with van der Waals surface area (Å²) in [6, 6.07) is 5.26. The molecule has 0 bridgehead atoms. The Morgan fingerprint density at radius 3 is 2.88 bits per heavy atom. The van der Waals surface area contributed by atoms with Crippen molar-refractivity contribution >= 4 is 11.6 Å². The lowest BCUT2D eigenvalue weighted by Crippen LogP contribution is -2.02. The van der Waals surface area contributed by atoms with Crippen LogP contribution in [0.1, 0.15) is 5.89 Å². The monoisotopic (exact) mass is 253 g/mol. The Morgan fingerprint density at radius 2 is 2.24 bits per heavy atom. The third kappa shape index (κ3) is 2.57. The van der Waals surface area contributed by atoms with Gasteiger partial charge in [-0.1, -0.05) is 11.6 Å². The molecule has 0 amide bonds. The van der Waals surface area contributed by atoms with Gasteiger partial charge in [-0.2, -0.15) is 0 Å². The quantitative estimate of drug-likeness (QED) is 0.901. The number of nitrogens with two attached hydrogens (primary N) is 1. The van der Waals surface area contributed by atoms with Crippen LogP contribution in [0.3, 0.4) is 0 Å². The molecule has 0 fully saturated rings. The van der Waals surface area contributed by atoms with Gasteiger partial charge in [0.25, 0.3) is 0 Å². The third-order valence-corrected chi connectivity index (χ3v) is 2.54. The molecule has 0 aliphatic carbocycles. The second-order valence-corrected chi connectivity index (χ2v) is 3.79. The highest BCUT2D eigenvalue weighted by molar-refractivity contribution is 6.33. The van der Waals surface area contributed by atoms with Crippen LogP contribution in [0.15, 0.2) is 22.6 Å². The molecule has 0 aliphatic heterocycles. The summed E-state index contributed by atoms with van der Waals surface area (Å²) >= 11 is 6.10. The molecule has 17 heavy (non-hydrogen) atoms. The summed E-state index contributed by atoms with van der Waals surface area (Å²) in [6.07, 6.45) is 0.556. The van der Waals surface area contributed by atoms with Crippen molar-refractivity contribution in [3.8, 4) is 17.2 Å². The fourth-order valence-electron chi connectivity index (χ4n) is 1.38. The molecule has 6 heteroatoms. The fraction of sp³-hybridized carbons (Fsp3) is 0.273. The minimum absolute atomic E-state index is 0.390. The van der Waals surface area contributed by atoms with Gasteiger partial charge in [0.2, 0.25) is 11.8 Å². The van der Waals surface area contributed by atoms with Gasteiger partial charge in [0.1, 0.15) is 5.75 Å². The van der Waals surface area contributed by atoms with Crippen molar-refractivity contribution < 1.29 is 9.15 Å². The average molecular weight is 254 g/mol. The van der Waals surface area contributed by atoms with E-state index in [2.05, 4.69) is 10.2 Å². The average Bonchev–Trinajstić information content (AvgIpc) is 2.78. The zero-order valence-electron chi connectivity index (χ0n) is 9.31. The molecule has 1 aromatic carbocycles. The van der Waals surface area contributed by atoms with E-state index in [4.69, 9.17) is 26.5 Å². The molecule has 1 heterocycles. The normalized spacial score (nSPS) is 10.5. The van der Waals surface area contributed by atoms with Gasteiger partial charge in [-0.3, -0.25) is 0 Å². The van der Waals surface area contributed by atoms with Crippen LogP contribution in [0.5, 0.6) is 5.75 Å². The van der Waals surface area contributed by atoms with Gasteiger partial charge >= 0.3 is 0 Å². The van der Waals surface area contributed by atoms with Crippen molar-refractivity contribution in [3.05, 3.63) is 29.1 Å². The summed E-state index contributed by atoms with van der Waals surface area (Å²) in [5.74, 6) is 1.58. The molecule has 90 valence electrons. The molecule has 2 N–H and O–H groups in total. The number of ether oxygens (including phenoxy) is 1. The molecular formula is C11H12ClN3O2. The number of rotatable bonds is 4. The number of hydrogen-bond donors (Lipinski definition) is 1. The van der Waals surface area contributed by atoms with Crippen molar-refractivity contribution in [1.29, 1.82) is 0 Å². The van der Waals surface area contributed by atoms with Crippen molar-refractivity contribution in [1.82, 2.24) is 10.2 Å². The van der Waals surface area contributed by atoms with E-state index in [9.17, 15) is 0 Å². The first-order valence-electron chi connectivity index (χ1n) is 5.11. The molecule has 0 atom stereocenters. The number of nitrogens with zero attached hydrogens (tertiary/aromatic N) is 2. The van der Waals surface area contributed by atoms with Gasteiger partial charge in [0.15, 0.2) is 0 Å². The number of aromatic nitrogens is 2. The van der Waals surface area contributed by atoms with Gasteiger partial charge in [-0.25, -0.2) is 0 Å². The molecule has 0 saturated carbocycles. The SMILES string of the molecule is COc1ccc(-c2nnc(CCN)o2)c(Cl)c1. The lowest BCUT2D eigenvalue weighted by Gasteiger charge is -2.02. The van der Waals surface area contributed by atoms with Crippen molar-refractivity contribution in [2.45, 2.75) is 6.42 Å². The van der Waals surface area contributed by atoms with E-state index in [0.717, 1.165) is 0 Å². The molecule has 0 unspecified atom stereocenters. The topological polar surface area (TPSA) is 74.2 Å². The summed E-state index contributed by atoms with van der Waals surface area (Å²) < 4.78 is 10.5. The van der Waals surface area contributed by atoms with Gasteiger partial charge in [0, 0.05) is 13.0 Å². The van der Waals surface area contributed by atoms with Gasteiger partial charge in [-0.05, 0) is 18.2 Å². The van der Waals surface area contributed by atoms with Gasteiger partial charge < -0.3 is 14.9 Å². The van der Waals surface area contributed by atoms with E-state index in [1.54, 1.807) is 25.3 Å². The first-order chi connectivity index (χ1) is 8.24. The lowest BCUT2D eigenvalue weighted by molar-refractivity contribution is 0.415. The minimum atomic E-state index is 0.390. The zero-order chi connectivity index (χ0) is 12.3. The Labute approximate surface area is 104 Å². The summed E-state index contributed by atoms with van der Waals surface area (Å²) in [7, 11) is 1.58. The highest BCUT2D eigenvalue weighted by Crippen LogP contribution is 2.30. The first kappa shape index (κ1) is 11.9. The van der Waals surface area contributed by atoms with Crippen LogP contribution in [0.25, 0.3) is 11.5 Å². The predicted molar refractivity (Wildman–Crippen MR) is 64.1 cm³/mol. The molecule has 0 spiro atoms. The van der Waals surface area contributed by atoms with Crippen molar-refractivity contribution in [3.63, 3.8) is 0 Å². The van der Waals surface area contributed by atoms with Crippen LogP contribution >= 0.6 is 11.6 Å². The number of methoxy groups -OCH3 is 1. The molecule has 0 radical (unpaired) electrons. The van der Waals surface area contributed by atoms with E-state index >= 15 is 0 Å². The van der Waals surface area contributed by atoms with E-state index < -0.39 is 0 Å². The summed E-state index contributed by atoms with van der Waals surface area (Å²) in [5.41, 5.74) is 6.09. The molecular weight excluding hydrogens is 242 g/mol. The number of benzene rings is 1.